The van der Waals surface area contributed by atoms with E-state index in [2.05, 4.69) is 31.6 Å². The summed E-state index contributed by atoms with van der Waals surface area (Å²) < 4.78 is 4.53. The van der Waals surface area contributed by atoms with E-state index in [1.54, 1.807) is 13.8 Å². The number of nitrogens with zero attached hydrogens (tertiary/aromatic N) is 1. The first kappa shape index (κ1) is 16.0. The molecule has 0 radical (unpaired) electrons. The van der Waals surface area contributed by atoms with Crippen LogP contribution in [0.5, 0.6) is 0 Å². The topological polar surface area (TPSA) is 73.2 Å². The number of benzene rings is 1. The van der Waals surface area contributed by atoms with Crippen molar-refractivity contribution in [3.8, 4) is 6.07 Å². The van der Waals surface area contributed by atoms with E-state index in [1.807, 2.05) is 18.2 Å². The number of carboxylic acid groups (broad SMARTS) is 1. The van der Waals surface area contributed by atoms with Gasteiger partial charge in [-0.25, -0.2) is 0 Å². The summed E-state index contributed by atoms with van der Waals surface area (Å²) in [6.07, 6.45) is -1.56. The summed E-state index contributed by atoms with van der Waals surface area (Å²) in [5.74, 6) is 0. The summed E-state index contributed by atoms with van der Waals surface area (Å²) >= 11 is 0. The highest BCUT2D eigenvalue weighted by Gasteiger charge is 2.25. The zero-order chi connectivity index (χ0) is 15.6. The smallest absolute Gasteiger partial charge is 0.252 e. The third-order valence-electron chi connectivity index (χ3n) is 3.27. The van der Waals surface area contributed by atoms with E-state index in [0.717, 1.165) is 11.1 Å². The standard InChI is InChI=1S/C16H21NO3/c1-15(2,3)12-7-6-11(9-20-14(18)19)13(8-12)16(4,5)10-17/h6-8H,9H2,1-5H3,(H,18,19)/p-1. The monoisotopic (exact) mass is 274 g/mol. The van der Waals surface area contributed by atoms with E-state index < -0.39 is 11.6 Å². The number of hydrogen-bond donors (Lipinski definition) is 0. The number of hydrogen-bond acceptors (Lipinski definition) is 4. The molecule has 0 bridgehead atoms. The Morgan fingerprint density at radius 2 is 1.90 bits per heavy atom. The summed E-state index contributed by atoms with van der Waals surface area (Å²) in [7, 11) is 0. The average Bonchev–Trinajstić information content (AvgIpc) is 2.34. The molecule has 0 fully saturated rings. The van der Waals surface area contributed by atoms with E-state index in [4.69, 9.17) is 0 Å². The van der Waals surface area contributed by atoms with Crippen LogP contribution in [0.2, 0.25) is 0 Å². The molecule has 0 spiro atoms. The maximum absolute atomic E-state index is 10.4. The van der Waals surface area contributed by atoms with Crippen LogP contribution in [-0.4, -0.2) is 6.16 Å². The summed E-state index contributed by atoms with van der Waals surface area (Å²) in [4.78, 5) is 10.4. The Bertz CT molecular complexity index is 548. The normalized spacial score (nSPS) is 11.8. The fourth-order valence-corrected chi connectivity index (χ4v) is 1.95. The predicted octanol–water partition coefficient (Wildman–Crippen LogP) is 2.65. The summed E-state index contributed by atoms with van der Waals surface area (Å²) in [5.41, 5.74) is 1.80. The van der Waals surface area contributed by atoms with Crippen molar-refractivity contribution in [1.82, 2.24) is 0 Å². The molecule has 0 saturated heterocycles. The van der Waals surface area contributed by atoms with Crippen molar-refractivity contribution in [3.05, 3.63) is 34.9 Å². The third kappa shape index (κ3) is 3.74. The molecule has 0 saturated carbocycles. The van der Waals surface area contributed by atoms with E-state index in [0.29, 0.717) is 5.56 Å². The number of carbonyl (C=O) groups excluding carboxylic acids is 1. The molecule has 0 aromatic heterocycles. The number of rotatable bonds is 3. The molecule has 4 nitrogen and oxygen atoms in total. The van der Waals surface area contributed by atoms with E-state index in [-0.39, 0.29) is 12.0 Å². The van der Waals surface area contributed by atoms with Crippen LogP contribution in [0.4, 0.5) is 4.79 Å². The van der Waals surface area contributed by atoms with Crippen LogP contribution in [0.25, 0.3) is 0 Å². The van der Waals surface area contributed by atoms with Gasteiger partial charge in [-0.1, -0.05) is 39.0 Å². The maximum Gasteiger partial charge on any atom is 0.252 e. The Balaban J connectivity index is 3.32. The lowest BCUT2D eigenvalue weighted by molar-refractivity contribution is -0.284. The van der Waals surface area contributed by atoms with Crippen LogP contribution in [0.3, 0.4) is 0 Å². The molecule has 0 aliphatic heterocycles. The van der Waals surface area contributed by atoms with Crippen LogP contribution in [-0.2, 0) is 22.2 Å². The lowest BCUT2D eigenvalue weighted by Crippen LogP contribution is -2.25. The van der Waals surface area contributed by atoms with Gasteiger partial charge in [0, 0.05) is 0 Å². The molecule has 0 heterocycles. The van der Waals surface area contributed by atoms with E-state index in [1.165, 1.54) is 0 Å². The first-order valence-electron chi connectivity index (χ1n) is 6.47. The van der Waals surface area contributed by atoms with E-state index >= 15 is 0 Å². The molecular formula is C16H20NO3-. The van der Waals surface area contributed by atoms with Gasteiger partial charge in [-0.2, -0.15) is 5.26 Å². The minimum Gasteiger partial charge on any atom is -0.545 e. The predicted molar refractivity (Wildman–Crippen MR) is 74.0 cm³/mol. The Hall–Kier alpha value is -2.02. The largest absolute Gasteiger partial charge is 0.545 e. The number of carbonyl (C=O) groups is 1. The summed E-state index contributed by atoms with van der Waals surface area (Å²) in [5, 5.41) is 19.8. The van der Waals surface area contributed by atoms with Gasteiger partial charge < -0.3 is 14.6 Å². The van der Waals surface area contributed by atoms with Crippen molar-refractivity contribution >= 4 is 6.16 Å². The average molecular weight is 274 g/mol. The van der Waals surface area contributed by atoms with E-state index in [9.17, 15) is 15.2 Å². The van der Waals surface area contributed by atoms with Crippen molar-refractivity contribution < 1.29 is 14.6 Å². The first-order valence-corrected chi connectivity index (χ1v) is 6.47. The van der Waals surface area contributed by atoms with Gasteiger partial charge in [0.15, 0.2) is 0 Å². The highest BCUT2D eigenvalue weighted by atomic mass is 16.7. The minimum absolute atomic E-state index is 0.0476. The van der Waals surface area contributed by atoms with Gasteiger partial charge >= 0.3 is 0 Å². The molecule has 0 amide bonds. The molecule has 1 aromatic carbocycles. The van der Waals surface area contributed by atoms with Gasteiger partial charge in [-0.15, -0.1) is 0 Å². The molecule has 0 atom stereocenters. The molecule has 0 aliphatic rings. The second kappa shape index (κ2) is 5.54. The van der Waals surface area contributed by atoms with Crippen molar-refractivity contribution in [2.75, 3.05) is 0 Å². The van der Waals surface area contributed by atoms with Crippen molar-refractivity contribution in [2.24, 2.45) is 0 Å². The molecule has 4 heteroatoms. The molecule has 20 heavy (non-hydrogen) atoms. The quantitative estimate of drug-likeness (QED) is 0.794. The van der Waals surface area contributed by atoms with Crippen molar-refractivity contribution in [3.63, 3.8) is 0 Å². The van der Waals surface area contributed by atoms with Crippen molar-refractivity contribution in [2.45, 2.75) is 52.1 Å². The van der Waals surface area contributed by atoms with Crippen molar-refractivity contribution in [1.29, 1.82) is 5.26 Å². The fourth-order valence-electron chi connectivity index (χ4n) is 1.95. The molecule has 1 aromatic rings. The Kier molecular flexibility index (Phi) is 4.44. The first-order chi connectivity index (χ1) is 9.08. The van der Waals surface area contributed by atoms with Crippen LogP contribution >= 0.6 is 0 Å². The number of nitriles is 1. The van der Waals surface area contributed by atoms with Crippen LogP contribution < -0.4 is 5.11 Å². The Morgan fingerprint density at radius 1 is 1.30 bits per heavy atom. The number of ether oxygens (including phenoxy) is 1. The molecular weight excluding hydrogens is 254 g/mol. The van der Waals surface area contributed by atoms with Gasteiger partial charge in [-0.05, 0) is 36.0 Å². The molecule has 108 valence electrons. The summed E-state index contributed by atoms with van der Waals surface area (Å²) in [6.45, 7) is 9.76. The zero-order valence-electron chi connectivity index (χ0n) is 12.6. The lowest BCUT2D eigenvalue weighted by Gasteiger charge is -2.26. The minimum atomic E-state index is -1.56. The zero-order valence-corrected chi connectivity index (χ0v) is 12.6. The highest BCUT2D eigenvalue weighted by molar-refractivity contribution is 5.54. The third-order valence-corrected chi connectivity index (χ3v) is 3.27. The summed E-state index contributed by atoms with van der Waals surface area (Å²) in [6, 6.07) is 7.95. The fraction of sp³-hybridized carbons (Fsp3) is 0.500. The van der Waals surface area contributed by atoms with Gasteiger partial charge in [0.25, 0.3) is 6.16 Å². The lowest BCUT2D eigenvalue weighted by atomic mass is 9.78. The maximum atomic E-state index is 10.4. The van der Waals surface area contributed by atoms with Gasteiger partial charge in [0.05, 0.1) is 18.1 Å². The Labute approximate surface area is 120 Å². The van der Waals surface area contributed by atoms with Gasteiger partial charge in [0.2, 0.25) is 0 Å². The molecule has 0 N–H and O–H groups in total. The van der Waals surface area contributed by atoms with Gasteiger partial charge in [0.1, 0.15) is 0 Å². The highest BCUT2D eigenvalue weighted by Crippen LogP contribution is 2.31. The molecule has 0 aliphatic carbocycles. The van der Waals surface area contributed by atoms with Crippen LogP contribution in [0.1, 0.15) is 51.3 Å². The van der Waals surface area contributed by atoms with Crippen LogP contribution in [0, 0.1) is 11.3 Å². The molecule has 1 rings (SSSR count). The molecule has 0 unspecified atom stereocenters. The SMILES string of the molecule is CC(C)(C)c1ccc(COC(=O)[O-])c(C(C)(C)C#N)c1. The van der Waals surface area contributed by atoms with Gasteiger partial charge in [-0.3, -0.25) is 0 Å². The van der Waals surface area contributed by atoms with Crippen LogP contribution in [0.15, 0.2) is 18.2 Å². The second-order valence-electron chi connectivity index (χ2n) is 6.40. The Morgan fingerprint density at radius 3 is 2.35 bits per heavy atom. The second-order valence-corrected chi connectivity index (χ2v) is 6.40.